The second-order valence-electron chi connectivity index (χ2n) is 5.01. The van der Waals surface area contributed by atoms with Gasteiger partial charge in [0.15, 0.2) is 0 Å². The lowest BCUT2D eigenvalue weighted by atomic mass is 10.1. The van der Waals surface area contributed by atoms with E-state index >= 15 is 0 Å². The van der Waals surface area contributed by atoms with Gasteiger partial charge in [-0.05, 0) is 19.1 Å². The molecule has 1 atom stereocenters. The van der Waals surface area contributed by atoms with Crippen molar-refractivity contribution < 1.29 is 22.7 Å². The molecule has 1 heterocycles. The molecule has 0 radical (unpaired) electrons. The first-order chi connectivity index (χ1) is 11.2. The zero-order valence-corrected chi connectivity index (χ0v) is 13.9. The van der Waals surface area contributed by atoms with Gasteiger partial charge in [0.2, 0.25) is 0 Å². The molecule has 3 nitrogen and oxygen atoms in total. The Labute approximate surface area is 146 Å². The fourth-order valence-corrected chi connectivity index (χ4v) is 2.44. The van der Waals surface area contributed by atoms with Gasteiger partial charge in [-0.3, -0.25) is 9.78 Å². The molecule has 8 heteroatoms. The number of ether oxygens (including phenoxy) is 1. The third kappa shape index (κ3) is 4.39. The zero-order chi connectivity index (χ0) is 17.9. The minimum atomic E-state index is -4.55. The Kier molecular flexibility index (Phi) is 5.72. The summed E-state index contributed by atoms with van der Waals surface area (Å²) in [6, 6.07) is 7.57. The highest BCUT2D eigenvalue weighted by molar-refractivity contribution is 6.31. The molecule has 1 unspecified atom stereocenters. The summed E-state index contributed by atoms with van der Waals surface area (Å²) in [4.78, 5) is 15.7. The average molecular weight is 378 g/mol. The second kappa shape index (κ2) is 7.40. The van der Waals surface area contributed by atoms with E-state index in [-0.39, 0.29) is 17.3 Å². The molecule has 2 aromatic rings. The monoisotopic (exact) mass is 377 g/mol. The molecule has 128 valence electrons. The fourth-order valence-electron chi connectivity index (χ4n) is 1.92. The smallest absolute Gasteiger partial charge is 0.417 e. The van der Waals surface area contributed by atoms with Crippen LogP contribution in [0, 0.1) is 0 Å². The van der Waals surface area contributed by atoms with Crippen molar-refractivity contribution in [1.29, 1.82) is 0 Å². The van der Waals surface area contributed by atoms with Crippen LogP contribution in [0.1, 0.15) is 29.7 Å². The van der Waals surface area contributed by atoms with E-state index in [0.717, 1.165) is 6.07 Å². The van der Waals surface area contributed by atoms with Crippen LogP contribution in [0.15, 0.2) is 36.5 Å². The Balaban J connectivity index is 2.09. The topological polar surface area (TPSA) is 39.2 Å². The third-order valence-electron chi connectivity index (χ3n) is 3.29. The summed E-state index contributed by atoms with van der Waals surface area (Å²) >= 11 is 11.8. The second-order valence-corrected chi connectivity index (χ2v) is 5.82. The highest BCUT2D eigenvalue weighted by Gasteiger charge is 2.32. The van der Waals surface area contributed by atoms with Crippen molar-refractivity contribution in [3.05, 3.63) is 63.4 Å². The number of hydrogen-bond acceptors (Lipinski definition) is 3. The van der Waals surface area contributed by atoms with Crippen molar-refractivity contribution in [3.63, 3.8) is 0 Å². The number of esters is 1. The first kappa shape index (κ1) is 18.5. The molecule has 0 fully saturated rings. The Morgan fingerprint density at radius 2 is 1.92 bits per heavy atom. The molecule has 0 amide bonds. The van der Waals surface area contributed by atoms with Gasteiger partial charge in [0.25, 0.3) is 0 Å². The Hall–Kier alpha value is -1.79. The Bertz CT molecular complexity index is 750. The van der Waals surface area contributed by atoms with E-state index in [1.165, 1.54) is 6.92 Å². The summed E-state index contributed by atoms with van der Waals surface area (Å²) in [6.07, 6.45) is -3.91. The largest absolute Gasteiger partial charge is 0.460 e. The van der Waals surface area contributed by atoms with Crippen molar-refractivity contribution in [2.45, 2.75) is 25.6 Å². The normalized spacial score (nSPS) is 12.8. The van der Waals surface area contributed by atoms with Crippen LogP contribution in [-0.2, 0) is 22.3 Å². The highest BCUT2D eigenvalue weighted by atomic mass is 35.5. The highest BCUT2D eigenvalue weighted by Crippen LogP contribution is 2.33. The average Bonchev–Trinajstić information content (AvgIpc) is 2.52. The number of alkyl halides is 3. The maximum absolute atomic E-state index is 12.6. The molecule has 0 bridgehead atoms. The molecular weight excluding hydrogens is 366 g/mol. The minimum Gasteiger partial charge on any atom is -0.460 e. The van der Waals surface area contributed by atoms with Crippen LogP contribution < -0.4 is 0 Å². The van der Waals surface area contributed by atoms with Gasteiger partial charge in [-0.2, -0.15) is 13.2 Å². The lowest BCUT2D eigenvalue weighted by Crippen LogP contribution is -2.16. The number of halogens is 5. The fraction of sp³-hybridized carbons (Fsp3) is 0.250. The third-order valence-corrected chi connectivity index (χ3v) is 3.96. The van der Waals surface area contributed by atoms with Crippen LogP contribution >= 0.6 is 23.2 Å². The van der Waals surface area contributed by atoms with Crippen molar-refractivity contribution in [1.82, 2.24) is 4.98 Å². The molecule has 0 spiro atoms. The Morgan fingerprint density at radius 3 is 2.50 bits per heavy atom. The SMILES string of the molecule is CC(C(=O)OCc1ccccc1Cl)c1ncc(C(F)(F)F)cc1Cl. The molecule has 0 saturated carbocycles. The molecule has 24 heavy (non-hydrogen) atoms. The van der Waals surface area contributed by atoms with E-state index in [1.54, 1.807) is 24.3 Å². The zero-order valence-electron chi connectivity index (χ0n) is 12.4. The number of pyridine rings is 1. The molecule has 1 aromatic carbocycles. The van der Waals surface area contributed by atoms with Gasteiger partial charge in [-0.25, -0.2) is 0 Å². The number of carbonyl (C=O) groups excluding carboxylic acids is 1. The van der Waals surface area contributed by atoms with Gasteiger partial charge in [0, 0.05) is 16.8 Å². The number of benzene rings is 1. The van der Waals surface area contributed by atoms with E-state index < -0.39 is 23.6 Å². The molecule has 0 aliphatic heterocycles. The quantitative estimate of drug-likeness (QED) is 0.682. The molecule has 2 rings (SSSR count). The lowest BCUT2D eigenvalue weighted by molar-refractivity contribution is -0.146. The van der Waals surface area contributed by atoms with Crippen molar-refractivity contribution in [2.24, 2.45) is 0 Å². The van der Waals surface area contributed by atoms with Crippen molar-refractivity contribution in [2.75, 3.05) is 0 Å². The first-order valence-electron chi connectivity index (χ1n) is 6.83. The van der Waals surface area contributed by atoms with Crippen LogP contribution in [0.25, 0.3) is 0 Å². The van der Waals surface area contributed by atoms with Crippen LogP contribution in [0.2, 0.25) is 10.0 Å². The van der Waals surface area contributed by atoms with Crippen molar-refractivity contribution >= 4 is 29.2 Å². The lowest BCUT2D eigenvalue weighted by Gasteiger charge is -2.14. The predicted octanol–water partition coefficient (Wildman–Crippen LogP) is 5.25. The summed E-state index contributed by atoms with van der Waals surface area (Å²) in [5, 5.41) is 0.204. The number of aromatic nitrogens is 1. The van der Waals surface area contributed by atoms with E-state index in [0.29, 0.717) is 16.8 Å². The molecular formula is C16H12Cl2F3NO2. The van der Waals surface area contributed by atoms with Crippen LogP contribution in [-0.4, -0.2) is 11.0 Å². The Morgan fingerprint density at radius 1 is 1.25 bits per heavy atom. The maximum Gasteiger partial charge on any atom is 0.417 e. The standard InChI is InChI=1S/C16H12Cl2F3NO2/c1-9(14-13(18)6-11(7-22-14)16(19,20)21)15(23)24-8-10-4-2-3-5-12(10)17/h2-7,9H,8H2,1H3. The number of hydrogen-bond donors (Lipinski definition) is 0. The van der Waals surface area contributed by atoms with E-state index in [9.17, 15) is 18.0 Å². The van der Waals surface area contributed by atoms with Crippen molar-refractivity contribution in [3.8, 4) is 0 Å². The number of nitrogens with zero attached hydrogens (tertiary/aromatic N) is 1. The van der Waals surface area contributed by atoms with Gasteiger partial charge in [0.1, 0.15) is 6.61 Å². The van der Waals surface area contributed by atoms with E-state index in [2.05, 4.69) is 4.98 Å². The summed E-state index contributed by atoms with van der Waals surface area (Å²) in [5.74, 6) is -1.58. The molecule has 0 saturated heterocycles. The van der Waals surface area contributed by atoms with Gasteiger partial charge in [0.05, 0.1) is 22.2 Å². The molecule has 0 N–H and O–H groups in total. The molecule has 1 aromatic heterocycles. The van der Waals surface area contributed by atoms with Crippen LogP contribution in [0.3, 0.4) is 0 Å². The predicted molar refractivity (Wildman–Crippen MR) is 83.9 cm³/mol. The summed E-state index contributed by atoms with van der Waals surface area (Å²) < 4.78 is 42.9. The van der Waals surface area contributed by atoms with Gasteiger partial charge >= 0.3 is 12.1 Å². The van der Waals surface area contributed by atoms with Gasteiger partial charge < -0.3 is 4.74 Å². The van der Waals surface area contributed by atoms with Crippen LogP contribution in [0.4, 0.5) is 13.2 Å². The number of rotatable bonds is 4. The maximum atomic E-state index is 12.6. The van der Waals surface area contributed by atoms with E-state index in [4.69, 9.17) is 27.9 Å². The summed E-state index contributed by atoms with van der Waals surface area (Å²) in [7, 11) is 0. The van der Waals surface area contributed by atoms with Gasteiger partial charge in [-0.1, -0.05) is 41.4 Å². The first-order valence-corrected chi connectivity index (χ1v) is 7.58. The van der Waals surface area contributed by atoms with E-state index in [1.807, 2.05) is 0 Å². The molecule has 0 aliphatic carbocycles. The summed E-state index contributed by atoms with van der Waals surface area (Å²) in [5.41, 5.74) is -0.340. The minimum absolute atomic E-state index is 0.0221. The summed E-state index contributed by atoms with van der Waals surface area (Å²) in [6.45, 7) is 1.40. The van der Waals surface area contributed by atoms with Crippen LogP contribution in [0.5, 0.6) is 0 Å². The molecule has 0 aliphatic rings. The van der Waals surface area contributed by atoms with Gasteiger partial charge in [-0.15, -0.1) is 0 Å². The number of carbonyl (C=O) groups is 1.